The number of halogens is 7. The smallest absolute Gasteiger partial charge is 0.369 e. The van der Waals surface area contributed by atoms with Gasteiger partial charge in [0.05, 0.1) is 5.56 Å². The standard InChI is InChI=1S/C19H18F7N3O3S2/c1-10-9-28(13-3-2-11(20)8-12(13)18(21,22)23)6-7-29(10)34(31,32)15-5-4-14(33-15)16(17(27)30)19(24,25)26/h2-5,8,10,16H,6-7,9H2,1H3,(H2,27,30). The van der Waals surface area contributed by atoms with Crippen LogP contribution in [0.1, 0.15) is 23.3 Å². The molecule has 0 bridgehead atoms. The Hall–Kier alpha value is -2.39. The van der Waals surface area contributed by atoms with Gasteiger partial charge in [-0.2, -0.15) is 30.6 Å². The number of nitrogens with zero attached hydrogens (tertiary/aromatic N) is 2. The number of anilines is 1. The molecule has 1 aromatic carbocycles. The number of nitrogens with two attached hydrogens (primary N) is 1. The van der Waals surface area contributed by atoms with E-state index in [4.69, 9.17) is 5.73 Å². The van der Waals surface area contributed by atoms with Crippen molar-refractivity contribution in [3.8, 4) is 0 Å². The van der Waals surface area contributed by atoms with Crippen LogP contribution in [-0.2, 0) is 21.0 Å². The van der Waals surface area contributed by atoms with Gasteiger partial charge in [0, 0.05) is 36.2 Å². The Kier molecular flexibility index (Phi) is 6.94. The molecule has 2 N–H and O–H groups in total. The van der Waals surface area contributed by atoms with Crippen LogP contribution in [-0.4, -0.2) is 50.5 Å². The number of piperazine rings is 1. The number of primary amides is 1. The minimum atomic E-state index is -5.01. The monoisotopic (exact) mass is 533 g/mol. The molecule has 0 radical (unpaired) electrons. The summed E-state index contributed by atoms with van der Waals surface area (Å²) in [5.41, 5.74) is 3.32. The van der Waals surface area contributed by atoms with E-state index >= 15 is 0 Å². The van der Waals surface area contributed by atoms with Crippen molar-refractivity contribution >= 4 is 33.0 Å². The van der Waals surface area contributed by atoms with E-state index in [1.165, 1.54) is 11.8 Å². The fourth-order valence-corrected chi connectivity index (χ4v) is 6.94. The van der Waals surface area contributed by atoms with Gasteiger partial charge in [0.15, 0.2) is 5.92 Å². The predicted molar refractivity (Wildman–Crippen MR) is 109 cm³/mol. The molecule has 1 aromatic heterocycles. The predicted octanol–water partition coefficient (Wildman–Crippen LogP) is 3.94. The van der Waals surface area contributed by atoms with Crippen LogP contribution in [0.3, 0.4) is 0 Å². The summed E-state index contributed by atoms with van der Waals surface area (Å²) in [7, 11) is -4.32. The van der Waals surface area contributed by atoms with Gasteiger partial charge in [-0.1, -0.05) is 0 Å². The number of amides is 1. The number of alkyl halides is 6. The summed E-state index contributed by atoms with van der Waals surface area (Å²) in [5, 5.41) is 0. The van der Waals surface area contributed by atoms with E-state index in [0.29, 0.717) is 6.07 Å². The van der Waals surface area contributed by atoms with Crippen LogP contribution >= 0.6 is 11.3 Å². The van der Waals surface area contributed by atoms with Gasteiger partial charge >= 0.3 is 12.4 Å². The van der Waals surface area contributed by atoms with Crippen molar-refractivity contribution in [3.63, 3.8) is 0 Å². The molecule has 2 atom stereocenters. The summed E-state index contributed by atoms with van der Waals surface area (Å²) in [5.74, 6) is -5.43. The van der Waals surface area contributed by atoms with Crippen molar-refractivity contribution in [1.82, 2.24) is 4.31 Å². The maximum Gasteiger partial charge on any atom is 0.418 e. The molecule has 0 saturated carbocycles. The molecule has 1 aliphatic rings. The Morgan fingerprint density at radius 3 is 2.29 bits per heavy atom. The number of thiophene rings is 1. The molecule has 1 saturated heterocycles. The van der Waals surface area contributed by atoms with Gasteiger partial charge in [-0.15, -0.1) is 11.3 Å². The molecule has 0 aliphatic carbocycles. The SMILES string of the molecule is CC1CN(c2ccc(F)cc2C(F)(F)F)CCN1S(=O)(=O)c1ccc(C(C(N)=O)C(F)(F)F)s1. The molecule has 2 aromatic rings. The van der Waals surface area contributed by atoms with Crippen molar-refractivity contribution in [2.45, 2.75) is 35.4 Å². The maximum atomic E-state index is 13.4. The Morgan fingerprint density at radius 2 is 1.76 bits per heavy atom. The Labute approximate surface area is 193 Å². The number of carbonyl (C=O) groups excluding carboxylic acids is 1. The van der Waals surface area contributed by atoms with Gasteiger partial charge in [-0.25, -0.2) is 12.8 Å². The molecule has 6 nitrogen and oxygen atoms in total. The van der Waals surface area contributed by atoms with Crippen LogP contribution in [0.5, 0.6) is 0 Å². The van der Waals surface area contributed by atoms with Crippen molar-refractivity contribution in [3.05, 3.63) is 46.6 Å². The molecule has 1 fully saturated rings. The summed E-state index contributed by atoms with van der Waals surface area (Å²) in [6.45, 7) is 0.794. The second-order valence-electron chi connectivity index (χ2n) is 7.60. The van der Waals surface area contributed by atoms with Crippen LogP contribution in [0.2, 0.25) is 0 Å². The third-order valence-corrected chi connectivity index (χ3v) is 8.86. The summed E-state index contributed by atoms with van der Waals surface area (Å²) in [6, 6.07) is 3.09. The fourth-order valence-electron chi connectivity index (χ4n) is 3.73. The lowest BCUT2D eigenvalue weighted by molar-refractivity contribution is -0.162. The first-order valence-electron chi connectivity index (χ1n) is 9.62. The zero-order chi connectivity index (χ0) is 25.6. The first-order chi connectivity index (χ1) is 15.5. The van der Waals surface area contributed by atoms with Crippen molar-refractivity contribution in [2.75, 3.05) is 24.5 Å². The second-order valence-corrected chi connectivity index (χ2v) is 10.8. The van der Waals surface area contributed by atoms with E-state index in [1.807, 2.05) is 0 Å². The topological polar surface area (TPSA) is 83.7 Å². The summed E-state index contributed by atoms with van der Waals surface area (Å²) < 4.78 is 120. The van der Waals surface area contributed by atoms with E-state index in [-0.39, 0.29) is 36.7 Å². The second kappa shape index (κ2) is 9.00. The third kappa shape index (κ3) is 5.15. The molecule has 0 spiro atoms. The molecular formula is C19H18F7N3O3S2. The van der Waals surface area contributed by atoms with Crippen LogP contribution in [0.25, 0.3) is 0 Å². The Bertz CT molecular complexity index is 1180. The maximum absolute atomic E-state index is 13.4. The highest BCUT2D eigenvalue weighted by Gasteiger charge is 2.46. The van der Waals surface area contributed by atoms with Gasteiger partial charge in [-0.3, -0.25) is 4.79 Å². The quantitative estimate of drug-likeness (QED) is 0.591. The summed E-state index contributed by atoms with van der Waals surface area (Å²) in [4.78, 5) is 12.0. The number of benzene rings is 1. The number of hydrogen-bond acceptors (Lipinski definition) is 5. The first-order valence-corrected chi connectivity index (χ1v) is 11.9. The number of rotatable bonds is 5. The highest BCUT2D eigenvalue weighted by atomic mass is 32.2. The van der Waals surface area contributed by atoms with Gasteiger partial charge < -0.3 is 10.6 Å². The van der Waals surface area contributed by atoms with Crippen molar-refractivity contribution in [1.29, 1.82) is 0 Å². The highest BCUT2D eigenvalue weighted by molar-refractivity contribution is 7.91. The molecule has 2 unspecified atom stereocenters. The first kappa shape index (κ1) is 26.2. The molecule has 3 rings (SSSR count). The highest BCUT2D eigenvalue weighted by Crippen LogP contribution is 2.41. The lowest BCUT2D eigenvalue weighted by atomic mass is 10.1. The average Bonchev–Trinajstić information content (AvgIpc) is 3.15. The molecule has 1 amide bonds. The molecule has 188 valence electrons. The summed E-state index contributed by atoms with van der Waals surface area (Å²) in [6.07, 6.45) is -9.85. The number of sulfonamides is 1. The number of carbonyl (C=O) groups is 1. The van der Waals surface area contributed by atoms with E-state index in [2.05, 4.69) is 0 Å². The minimum absolute atomic E-state index is 0.178. The van der Waals surface area contributed by atoms with E-state index in [0.717, 1.165) is 28.6 Å². The number of hydrogen-bond donors (Lipinski definition) is 1. The molecule has 1 aliphatic heterocycles. The lowest BCUT2D eigenvalue weighted by Gasteiger charge is -2.40. The molecule has 34 heavy (non-hydrogen) atoms. The molecule has 2 heterocycles. The van der Waals surface area contributed by atoms with Gasteiger partial charge in [0.25, 0.3) is 10.0 Å². The zero-order valence-electron chi connectivity index (χ0n) is 17.3. The van der Waals surface area contributed by atoms with Crippen LogP contribution in [0, 0.1) is 5.82 Å². The van der Waals surface area contributed by atoms with Gasteiger partial charge in [0.2, 0.25) is 5.91 Å². The van der Waals surface area contributed by atoms with Crippen molar-refractivity contribution < 1.29 is 43.9 Å². The van der Waals surface area contributed by atoms with Crippen LogP contribution < -0.4 is 10.6 Å². The molecule has 15 heteroatoms. The van der Waals surface area contributed by atoms with Crippen molar-refractivity contribution in [2.24, 2.45) is 5.73 Å². The minimum Gasteiger partial charge on any atom is -0.369 e. The van der Waals surface area contributed by atoms with Crippen LogP contribution in [0.15, 0.2) is 34.5 Å². The lowest BCUT2D eigenvalue weighted by Crippen LogP contribution is -2.54. The van der Waals surface area contributed by atoms with E-state index in [1.54, 1.807) is 0 Å². The van der Waals surface area contributed by atoms with Crippen LogP contribution in [0.4, 0.5) is 36.4 Å². The third-order valence-electron chi connectivity index (χ3n) is 5.23. The Morgan fingerprint density at radius 1 is 1.12 bits per heavy atom. The molecular weight excluding hydrogens is 515 g/mol. The summed E-state index contributed by atoms with van der Waals surface area (Å²) >= 11 is 0.249. The van der Waals surface area contributed by atoms with Gasteiger partial charge in [0.1, 0.15) is 10.0 Å². The van der Waals surface area contributed by atoms with E-state index < -0.39 is 60.7 Å². The Balaban J connectivity index is 1.86. The normalized spacial score (nSPS) is 19.3. The zero-order valence-corrected chi connectivity index (χ0v) is 19.0. The van der Waals surface area contributed by atoms with Gasteiger partial charge in [-0.05, 0) is 37.3 Å². The van der Waals surface area contributed by atoms with E-state index in [9.17, 15) is 43.9 Å². The largest absolute Gasteiger partial charge is 0.418 e. The average molecular weight is 533 g/mol. The fraction of sp³-hybridized carbons (Fsp3) is 0.421.